The zero-order chi connectivity index (χ0) is 33.6. The van der Waals surface area contributed by atoms with Crippen molar-refractivity contribution < 1.29 is 4.39 Å². The van der Waals surface area contributed by atoms with Gasteiger partial charge in [-0.05, 0) is 137 Å². The van der Waals surface area contributed by atoms with Gasteiger partial charge in [0.25, 0.3) is 0 Å². The summed E-state index contributed by atoms with van der Waals surface area (Å²) in [5.41, 5.74) is 21.7. The summed E-state index contributed by atoms with van der Waals surface area (Å²) in [7, 11) is 0. The SMILES string of the molecule is Cc1cc(C)c(-c2cccnc2)c(C)c1B(c1c(C)cc(C)c(-c2cccnc2)c1C)c1c(C)cc(C)c(-c2ccc(F)nc2)c1C. The van der Waals surface area contributed by atoms with Crippen LogP contribution in [0.2, 0.25) is 0 Å². The number of benzene rings is 3. The molecule has 3 aromatic carbocycles. The number of nitrogens with zero attached hydrogens (tertiary/aromatic N) is 3. The highest BCUT2D eigenvalue weighted by molar-refractivity contribution is 6.97. The Morgan fingerprint density at radius 3 is 1.17 bits per heavy atom. The van der Waals surface area contributed by atoms with Gasteiger partial charge in [-0.15, -0.1) is 0 Å². The topological polar surface area (TPSA) is 38.7 Å². The maximum Gasteiger partial charge on any atom is 0.243 e. The highest BCUT2D eigenvalue weighted by atomic mass is 19.1. The molecule has 0 unspecified atom stereocenters. The first kappa shape index (κ1) is 32.1. The van der Waals surface area contributed by atoms with E-state index >= 15 is 0 Å². The van der Waals surface area contributed by atoms with Crippen LogP contribution in [0.5, 0.6) is 0 Å². The molecule has 5 heteroatoms. The molecule has 0 aliphatic carbocycles. The molecule has 3 nitrogen and oxygen atoms in total. The van der Waals surface area contributed by atoms with Crippen molar-refractivity contribution in [1.82, 2.24) is 15.0 Å². The number of aryl methyl sites for hydroxylation is 6. The van der Waals surface area contributed by atoms with Crippen LogP contribution in [0.3, 0.4) is 0 Å². The number of hydrogen-bond donors (Lipinski definition) is 0. The van der Waals surface area contributed by atoms with Gasteiger partial charge in [0.15, 0.2) is 0 Å². The van der Waals surface area contributed by atoms with Crippen LogP contribution >= 0.6 is 0 Å². The summed E-state index contributed by atoms with van der Waals surface area (Å²) >= 11 is 0. The second kappa shape index (κ2) is 12.7. The Morgan fingerprint density at radius 2 is 0.851 bits per heavy atom. The zero-order valence-corrected chi connectivity index (χ0v) is 28.9. The fraction of sp³-hybridized carbons (Fsp3) is 0.214. The molecule has 0 aliphatic rings. The first-order chi connectivity index (χ1) is 22.5. The van der Waals surface area contributed by atoms with Crippen molar-refractivity contribution >= 4 is 23.1 Å². The van der Waals surface area contributed by atoms with Crippen molar-refractivity contribution in [2.24, 2.45) is 0 Å². The van der Waals surface area contributed by atoms with E-state index in [-0.39, 0.29) is 6.71 Å². The molecule has 0 saturated heterocycles. The molecule has 234 valence electrons. The molecule has 0 aliphatic heterocycles. The van der Waals surface area contributed by atoms with Gasteiger partial charge in [0, 0.05) is 47.7 Å². The third-order valence-corrected chi connectivity index (χ3v) is 9.88. The lowest BCUT2D eigenvalue weighted by Gasteiger charge is -2.31. The molecule has 0 saturated carbocycles. The number of rotatable bonds is 6. The summed E-state index contributed by atoms with van der Waals surface area (Å²) < 4.78 is 14.0. The van der Waals surface area contributed by atoms with Crippen molar-refractivity contribution in [3.8, 4) is 33.4 Å². The smallest absolute Gasteiger partial charge is 0.243 e. The third kappa shape index (κ3) is 5.69. The van der Waals surface area contributed by atoms with Gasteiger partial charge in [0.2, 0.25) is 12.7 Å². The second-order valence-electron chi connectivity index (χ2n) is 13.1. The van der Waals surface area contributed by atoms with E-state index in [0.29, 0.717) is 0 Å². The minimum Gasteiger partial charge on any atom is -0.264 e. The van der Waals surface area contributed by atoms with Crippen LogP contribution < -0.4 is 16.4 Å². The number of halogens is 1. The van der Waals surface area contributed by atoms with E-state index in [1.54, 1.807) is 6.20 Å². The lowest BCUT2D eigenvalue weighted by Crippen LogP contribution is -2.58. The van der Waals surface area contributed by atoms with Crippen molar-refractivity contribution in [3.63, 3.8) is 0 Å². The van der Waals surface area contributed by atoms with Gasteiger partial charge >= 0.3 is 0 Å². The van der Waals surface area contributed by atoms with Crippen LogP contribution in [0, 0.1) is 68.3 Å². The summed E-state index contributed by atoms with van der Waals surface area (Å²) in [5.74, 6) is -0.475. The van der Waals surface area contributed by atoms with E-state index < -0.39 is 5.95 Å². The summed E-state index contributed by atoms with van der Waals surface area (Å²) in [4.78, 5) is 13.0. The maximum absolute atomic E-state index is 14.0. The van der Waals surface area contributed by atoms with Crippen LogP contribution in [-0.4, -0.2) is 21.7 Å². The standard InChI is InChI=1S/C42H41BFN3/c1-24-18-27(4)40(30(7)37(24)33-12-10-16-45-21-33)43(41-28(5)19-25(2)38(31(41)8)34-13-11-17-46-22-34)42-29(6)20-26(3)39(32(42)9)35-14-15-36(44)47-23-35/h10-23H,1-9H3. The minimum absolute atomic E-state index is 0.0743. The summed E-state index contributed by atoms with van der Waals surface area (Å²) in [6.45, 7) is 20.0. The van der Waals surface area contributed by atoms with Gasteiger partial charge in [0.1, 0.15) is 0 Å². The van der Waals surface area contributed by atoms with Crippen LogP contribution in [-0.2, 0) is 0 Å². The minimum atomic E-state index is -0.475. The Balaban J connectivity index is 1.76. The molecule has 6 rings (SSSR count). The first-order valence-electron chi connectivity index (χ1n) is 16.2. The Morgan fingerprint density at radius 1 is 0.468 bits per heavy atom. The molecule has 0 N–H and O–H groups in total. The van der Waals surface area contributed by atoms with Crippen molar-refractivity contribution in [1.29, 1.82) is 0 Å². The predicted octanol–water partition coefficient (Wildman–Crippen LogP) is 8.30. The first-order valence-corrected chi connectivity index (χ1v) is 16.2. The van der Waals surface area contributed by atoms with E-state index in [0.717, 1.165) is 27.8 Å². The quantitative estimate of drug-likeness (QED) is 0.139. The largest absolute Gasteiger partial charge is 0.264 e. The molecular weight excluding hydrogens is 576 g/mol. The third-order valence-electron chi connectivity index (χ3n) is 9.88. The Labute approximate surface area is 279 Å². The molecule has 0 spiro atoms. The normalized spacial score (nSPS) is 11.2. The predicted molar refractivity (Wildman–Crippen MR) is 196 cm³/mol. The van der Waals surface area contributed by atoms with Gasteiger partial charge in [0.05, 0.1) is 0 Å². The molecule has 3 aromatic heterocycles. The van der Waals surface area contributed by atoms with Crippen LogP contribution in [0.25, 0.3) is 33.4 Å². The Hall–Kier alpha value is -4.90. The molecule has 0 radical (unpaired) electrons. The van der Waals surface area contributed by atoms with Crippen molar-refractivity contribution in [3.05, 3.63) is 142 Å². The van der Waals surface area contributed by atoms with E-state index in [9.17, 15) is 4.39 Å². The fourth-order valence-electron chi connectivity index (χ4n) is 8.25. The van der Waals surface area contributed by atoms with Crippen molar-refractivity contribution in [2.45, 2.75) is 62.3 Å². The second-order valence-corrected chi connectivity index (χ2v) is 13.1. The molecular formula is C42H41BFN3. The van der Waals surface area contributed by atoms with Gasteiger partial charge in [-0.3, -0.25) is 9.97 Å². The average Bonchev–Trinajstić information content (AvgIpc) is 3.02. The van der Waals surface area contributed by atoms with Crippen LogP contribution in [0.4, 0.5) is 4.39 Å². The van der Waals surface area contributed by atoms with Gasteiger partial charge in [-0.1, -0.05) is 63.4 Å². The monoisotopic (exact) mass is 617 g/mol. The molecule has 3 heterocycles. The Kier molecular flexibility index (Phi) is 8.67. The highest BCUT2D eigenvalue weighted by Gasteiger charge is 2.34. The molecule has 0 fully saturated rings. The lowest BCUT2D eigenvalue weighted by molar-refractivity contribution is 0.584. The Bertz CT molecular complexity index is 2020. The van der Waals surface area contributed by atoms with Crippen LogP contribution in [0.1, 0.15) is 50.1 Å². The number of pyridine rings is 3. The molecule has 47 heavy (non-hydrogen) atoms. The van der Waals surface area contributed by atoms with E-state index in [4.69, 9.17) is 0 Å². The zero-order valence-electron chi connectivity index (χ0n) is 28.9. The average molecular weight is 618 g/mol. The van der Waals surface area contributed by atoms with E-state index in [1.165, 1.54) is 78.1 Å². The van der Waals surface area contributed by atoms with Crippen LogP contribution in [0.15, 0.2) is 85.6 Å². The van der Waals surface area contributed by atoms with Gasteiger partial charge in [-0.2, -0.15) is 4.39 Å². The summed E-state index contributed by atoms with van der Waals surface area (Å²) in [6.07, 6.45) is 9.25. The summed E-state index contributed by atoms with van der Waals surface area (Å²) in [5, 5.41) is 0. The molecule has 0 bridgehead atoms. The maximum atomic E-state index is 14.0. The van der Waals surface area contributed by atoms with E-state index in [2.05, 4.69) is 108 Å². The fourth-order valence-corrected chi connectivity index (χ4v) is 8.25. The molecule has 6 aromatic rings. The van der Waals surface area contributed by atoms with Crippen molar-refractivity contribution in [2.75, 3.05) is 0 Å². The van der Waals surface area contributed by atoms with Gasteiger partial charge in [-0.25, -0.2) is 4.98 Å². The molecule has 0 atom stereocenters. The van der Waals surface area contributed by atoms with E-state index in [1.807, 2.05) is 43.0 Å². The number of hydrogen-bond acceptors (Lipinski definition) is 3. The number of aromatic nitrogens is 3. The van der Waals surface area contributed by atoms with Gasteiger partial charge < -0.3 is 0 Å². The molecule has 0 amide bonds. The lowest BCUT2D eigenvalue weighted by atomic mass is 9.32. The highest BCUT2D eigenvalue weighted by Crippen LogP contribution is 2.32. The summed E-state index contributed by atoms with van der Waals surface area (Å²) in [6, 6.07) is 18.6.